The Balaban J connectivity index is 2.32. The zero-order valence-corrected chi connectivity index (χ0v) is 12.6. The zero-order valence-electron chi connectivity index (χ0n) is 11.8. The minimum Gasteiger partial charge on any atom is -0.478 e. The van der Waals surface area contributed by atoms with Crippen LogP contribution in [-0.4, -0.2) is 48.6 Å². The van der Waals surface area contributed by atoms with Gasteiger partial charge in [-0.1, -0.05) is 6.07 Å². The average molecular weight is 313 g/mol. The monoisotopic (exact) mass is 313 g/mol. The smallest absolute Gasteiger partial charge is 0.335 e. The van der Waals surface area contributed by atoms with E-state index >= 15 is 0 Å². The molecule has 0 saturated carbocycles. The van der Waals surface area contributed by atoms with Gasteiger partial charge in [0.15, 0.2) is 0 Å². The highest BCUT2D eigenvalue weighted by Gasteiger charge is 2.30. The molecule has 1 aromatic rings. The van der Waals surface area contributed by atoms with Crippen LogP contribution in [0, 0.1) is 12.8 Å². The van der Waals surface area contributed by atoms with Crippen molar-refractivity contribution in [2.75, 3.05) is 19.7 Å². The Labute approximate surface area is 124 Å². The first-order chi connectivity index (χ1) is 9.86. The molecule has 0 bridgehead atoms. The molecule has 0 amide bonds. The van der Waals surface area contributed by atoms with Crippen molar-refractivity contribution < 1.29 is 23.4 Å². The highest BCUT2D eigenvalue weighted by molar-refractivity contribution is 7.89. The lowest BCUT2D eigenvalue weighted by Gasteiger charge is -2.30. The number of aromatic carboxylic acids is 1. The van der Waals surface area contributed by atoms with Crippen molar-refractivity contribution in [1.82, 2.24) is 4.31 Å². The van der Waals surface area contributed by atoms with Crippen LogP contribution in [0.15, 0.2) is 23.1 Å². The number of hydrogen-bond donors (Lipinski definition) is 2. The standard InChI is InChI=1S/C14H19NO5S/c1-10-2-3-12(14(17)18)8-13(10)21(19,20)15-6-4-11(9-16)5-7-15/h2-3,8,11,16H,4-7,9H2,1H3,(H,17,18). The molecule has 1 aromatic carbocycles. The van der Waals surface area contributed by atoms with Crippen molar-refractivity contribution >= 4 is 16.0 Å². The predicted molar refractivity (Wildman–Crippen MR) is 76.7 cm³/mol. The van der Waals surface area contributed by atoms with Crippen LogP contribution >= 0.6 is 0 Å². The van der Waals surface area contributed by atoms with Crippen LogP contribution in [-0.2, 0) is 10.0 Å². The van der Waals surface area contributed by atoms with Crippen LogP contribution in [0.2, 0.25) is 0 Å². The van der Waals surface area contributed by atoms with Crippen LogP contribution in [0.4, 0.5) is 0 Å². The second-order valence-corrected chi connectivity index (χ2v) is 7.22. The number of carbonyl (C=O) groups is 1. The largest absolute Gasteiger partial charge is 0.478 e. The summed E-state index contributed by atoms with van der Waals surface area (Å²) in [7, 11) is -3.69. The molecule has 1 heterocycles. The molecule has 0 atom stereocenters. The van der Waals surface area contributed by atoms with Crippen molar-refractivity contribution in [3.8, 4) is 0 Å². The molecule has 0 aromatic heterocycles. The molecule has 1 aliphatic rings. The summed E-state index contributed by atoms with van der Waals surface area (Å²) in [5.74, 6) is -1.01. The van der Waals surface area contributed by atoms with E-state index in [1.54, 1.807) is 6.92 Å². The Bertz CT molecular complexity index is 633. The van der Waals surface area contributed by atoms with Gasteiger partial charge in [0.05, 0.1) is 10.5 Å². The third-order valence-corrected chi connectivity index (χ3v) is 5.93. The molecular weight excluding hydrogens is 294 g/mol. The van der Waals surface area contributed by atoms with Gasteiger partial charge in [-0.2, -0.15) is 4.31 Å². The Hall–Kier alpha value is -1.44. The molecular formula is C14H19NO5S. The molecule has 6 nitrogen and oxygen atoms in total. The van der Waals surface area contributed by atoms with Crippen LogP contribution in [0.1, 0.15) is 28.8 Å². The van der Waals surface area contributed by atoms with E-state index in [-0.39, 0.29) is 23.0 Å². The average Bonchev–Trinajstić information content (AvgIpc) is 2.47. The van der Waals surface area contributed by atoms with Crippen molar-refractivity contribution in [2.24, 2.45) is 5.92 Å². The molecule has 0 unspecified atom stereocenters. The number of benzene rings is 1. The summed E-state index contributed by atoms with van der Waals surface area (Å²) in [6.45, 7) is 2.43. The number of aryl methyl sites for hydroxylation is 1. The quantitative estimate of drug-likeness (QED) is 0.867. The van der Waals surface area contributed by atoms with Crippen molar-refractivity contribution in [3.05, 3.63) is 29.3 Å². The highest BCUT2D eigenvalue weighted by atomic mass is 32.2. The molecule has 0 spiro atoms. The summed E-state index contributed by atoms with van der Waals surface area (Å²) < 4.78 is 26.7. The van der Waals surface area contributed by atoms with Gasteiger partial charge in [0.1, 0.15) is 0 Å². The number of nitrogens with zero attached hydrogens (tertiary/aromatic N) is 1. The van der Waals surface area contributed by atoms with E-state index in [0.717, 1.165) is 0 Å². The van der Waals surface area contributed by atoms with Crippen LogP contribution in [0.5, 0.6) is 0 Å². The van der Waals surface area contributed by atoms with E-state index in [1.165, 1.54) is 22.5 Å². The summed E-state index contributed by atoms with van der Waals surface area (Å²) in [4.78, 5) is 11.1. The first kappa shape index (κ1) is 15.9. The van der Waals surface area contributed by atoms with Gasteiger partial charge in [0.25, 0.3) is 0 Å². The van der Waals surface area contributed by atoms with Crippen molar-refractivity contribution in [1.29, 1.82) is 0 Å². The van der Waals surface area contributed by atoms with Gasteiger partial charge in [-0.3, -0.25) is 0 Å². The maximum Gasteiger partial charge on any atom is 0.335 e. The topological polar surface area (TPSA) is 94.9 Å². The molecule has 1 aliphatic heterocycles. The molecule has 116 valence electrons. The van der Waals surface area contributed by atoms with Gasteiger partial charge >= 0.3 is 5.97 Å². The van der Waals surface area contributed by atoms with E-state index < -0.39 is 16.0 Å². The van der Waals surface area contributed by atoms with Gasteiger partial charge in [0, 0.05) is 19.7 Å². The molecule has 2 rings (SSSR count). The SMILES string of the molecule is Cc1ccc(C(=O)O)cc1S(=O)(=O)N1CCC(CO)CC1. The summed E-state index contributed by atoms with van der Waals surface area (Å²) in [5.41, 5.74) is 0.494. The van der Waals surface area contributed by atoms with Crippen LogP contribution in [0.25, 0.3) is 0 Å². The second kappa shape index (κ2) is 6.13. The Morgan fingerprint density at radius 2 is 1.95 bits per heavy atom. The summed E-state index contributed by atoms with van der Waals surface area (Å²) in [6.07, 6.45) is 1.24. The Morgan fingerprint density at radius 3 is 2.48 bits per heavy atom. The zero-order chi connectivity index (χ0) is 15.6. The normalized spacial score (nSPS) is 17.8. The lowest BCUT2D eigenvalue weighted by molar-refractivity contribution is 0.0696. The number of rotatable bonds is 4. The van der Waals surface area contributed by atoms with Gasteiger partial charge in [-0.05, 0) is 43.4 Å². The van der Waals surface area contributed by atoms with Crippen LogP contribution < -0.4 is 0 Å². The van der Waals surface area contributed by atoms with Gasteiger partial charge in [-0.15, -0.1) is 0 Å². The maximum absolute atomic E-state index is 12.6. The van der Waals surface area contributed by atoms with E-state index in [4.69, 9.17) is 10.2 Å². The van der Waals surface area contributed by atoms with Gasteiger partial charge < -0.3 is 10.2 Å². The molecule has 0 radical (unpaired) electrons. The van der Waals surface area contributed by atoms with Gasteiger partial charge in [-0.25, -0.2) is 13.2 Å². The number of carboxylic acids is 1. The lowest BCUT2D eigenvalue weighted by atomic mass is 10.00. The third-order valence-electron chi connectivity index (χ3n) is 3.88. The first-order valence-electron chi connectivity index (χ1n) is 6.81. The first-order valence-corrected chi connectivity index (χ1v) is 8.25. The minimum absolute atomic E-state index is 0.0376. The van der Waals surface area contributed by atoms with E-state index in [2.05, 4.69) is 0 Å². The Morgan fingerprint density at radius 1 is 1.33 bits per heavy atom. The molecule has 21 heavy (non-hydrogen) atoms. The molecule has 1 fully saturated rings. The summed E-state index contributed by atoms with van der Waals surface area (Å²) in [5, 5.41) is 18.1. The highest BCUT2D eigenvalue weighted by Crippen LogP contribution is 2.26. The fraction of sp³-hybridized carbons (Fsp3) is 0.500. The number of sulfonamides is 1. The Kier molecular flexibility index (Phi) is 4.65. The molecule has 1 saturated heterocycles. The number of aliphatic hydroxyl groups excluding tert-OH is 1. The van der Waals surface area contributed by atoms with Crippen molar-refractivity contribution in [3.63, 3.8) is 0 Å². The fourth-order valence-corrected chi connectivity index (χ4v) is 4.20. The summed E-state index contributed by atoms with van der Waals surface area (Å²) in [6, 6.07) is 4.12. The number of piperidine rings is 1. The predicted octanol–water partition coefficient (Wildman–Crippen LogP) is 1.09. The maximum atomic E-state index is 12.6. The van der Waals surface area contributed by atoms with Gasteiger partial charge in [0.2, 0.25) is 10.0 Å². The number of hydrogen-bond acceptors (Lipinski definition) is 4. The van der Waals surface area contributed by atoms with E-state index in [0.29, 0.717) is 31.5 Å². The second-order valence-electron chi connectivity index (χ2n) is 5.32. The number of carboxylic acid groups (broad SMARTS) is 1. The molecule has 2 N–H and O–H groups in total. The summed E-state index contributed by atoms with van der Waals surface area (Å²) >= 11 is 0. The molecule has 0 aliphatic carbocycles. The molecule has 7 heteroatoms. The van der Waals surface area contributed by atoms with Crippen molar-refractivity contribution in [2.45, 2.75) is 24.7 Å². The lowest BCUT2D eigenvalue weighted by Crippen LogP contribution is -2.39. The van der Waals surface area contributed by atoms with Crippen LogP contribution in [0.3, 0.4) is 0 Å². The fourth-order valence-electron chi connectivity index (χ4n) is 2.48. The third kappa shape index (κ3) is 3.25. The van der Waals surface area contributed by atoms with E-state index in [1.807, 2.05) is 0 Å². The van der Waals surface area contributed by atoms with E-state index in [9.17, 15) is 13.2 Å². The number of aliphatic hydroxyl groups is 1. The minimum atomic E-state index is -3.69.